The number of carbonyl (C=O) groups is 2. The van der Waals surface area contributed by atoms with Gasteiger partial charge in [0.15, 0.2) is 0 Å². The van der Waals surface area contributed by atoms with Crippen LogP contribution in [0.3, 0.4) is 0 Å². The topological polar surface area (TPSA) is 96.7 Å². The van der Waals surface area contributed by atoms with Crippen molar-refractivity contribution >= 4 is 17.7 Å². The predicted octanol–water partition coefficient (Wildman–Crippen LogP) is 5.23. The van der Waals surface area contributed by atoms with Crippen molar-refractivity contribution in [2.45, 2.75) is 31.9 Å². The van der Waals surface area contributed by atoms with Gasteiger partial charge in [0.05, 0.1) is 24.8 Å². The van der Waals surface area contributed by atoms with Gasteiger partial charge in [0, 0.05) is 31.0 Å². The fourth-order valence-corrected chi connectivity index (χ4v) is 3.87. The minimum absolute atomic E-state index is 0.0650. The summed E-state index contributed by atoms with van der Waals surface area (Å²) < 4.78 is 39.2. The number of likely N-dealkylation sites (tertiary alicyclic amines) is 1. The second kappa shape index (κ2) is 11.6. The zero-order valence-electron chi connectivity index (χ0n) is 19.8. The molecule has 0 radical (unpaired) electrons. The minimum atomic E-state index is -5.08. The molecule has 2 amide bonds. The number of nitrogens with zero attached hydrogens (tertiary/aromatic N) is 3. The number of ether oxygens (including phenoxy) is 1. The van der Waals surface area contributed by atoms with Crippen LogP contribution in [0, 0.1) is 6.92 Å². The van der Waals surface area contributed by atoms with Gasteiger partial charge in [-0.3, -0.25) is 0 Å². The lowest BCUT2D eigenvalue weighted by Gasteiger charge is -2.32. The third-order valence-electron chi connectivity index (χ3n) is 5.72. The van der Waals surface area contributed by atoms with Gasteiger partial charge in [-0.05, 0) is 43.4 Å². The lowest BCUT2D eigenvalue weighted by molar-refractivity contribution is -0.192. The van der Waals surface area contributed by atoms with Crippen molar-refractivity contribution in [1.82, 2.24) is 14.5 Å². The summed E-state index contributed by atoms with van der Waals surface area (Å²) in [5.41, 5.74) is 3.90. The average Bonchev–Trinajstić information content (AvgIpc) is 3.30. The van der Waals surface area contributed by atoms with E-state index in [4.69, 9.17) is 14.6 Å². The molecule has 0 aliphatic carbocycles. The number of aryl methyl sites for hydroxylation is 1. The number of alkyl halides is 3. The van der Waals surface area contributed by atoms with Crippen LogP contribution in [-0.4, -0.2) is 57.9 Å². The van der Waals surface area contributed by atoms with E-state index in [1.165, 1.54) is 5.56 Å². The normalized spacial score (nSPS) is 14.0. The summed E-state index contributed by atoms with van der Waals surface area (Å²) >= 11 is 0. The molecule has 1 saturated heterocycles. The highest BCUT2D eigenvalue weighted by Gasteiger charge is 2.38. The molecule has 1 aliphatic rings. The van der Waals surface area contributed by atoms with E-state index in [1.807, 2.05) is 46.9 Å². The molecule has 192 valence electrons. The van der Waals surface area contributed by atoms with E-state index in [1.54, 1.807) is 13.4 Å². The largest absolute Gasteiger partial charge is 0.494 e. The first-order valence-corrected chi connectivity index (χ1v) is 11.2. The molecule has 4 rings (SSSR count). The molecule has 1 aromatic heterocycles. The Hall–Kier alpha value is -4.02. The summed E-state index contributed by atoms with van der Waals surface area (Å²) in [5.74, 6) is -1.55. The van der Waals surface area contributed by atoms with Crippen molar-refractivity contribution < 1.29 is 32.6 Å². The van der Waals surface area contributed by atoms with Crippen molar-refractivity contribution in [2.75, 3.05) is 25.5 Å². The molecular formula is C25H27F3N4O4. The van der Waals surface area contributed by atoms with Gasteiger partial charge in [0.25, 0.3) is 0 Å². The molecule has 0 unspecified atom stereocenters. The number of urea groups is 1. The number of aliphatic carboxylic acids is 1. The summed E-state index contributed by atoms with van der Waals surface area (Å²) in [6.07, 6.45) is 0.578. The van der Waals surface area contributed by atoms with E-state index in [-0.39, 0.29) is 6.03 Å². The van der Waals surface area contributed by atoms with Crippen LogP contribution in [0.1, 0.15) is 30.0 Å². The first kappa shape index (κ1) is 26.6. The summed E-state index contributed by atoms with van der Waals surface area (Å²) in [5, 5.41) is 10.1. The van der Waals surface area contributed by atoms with Gasteiger partial charge in [-0.1, -0.05) is 30.3 Å². The molecule has 0 atom stereocenters. The minimum Gasteiger partial charge on any atom is -0.494 e. The van der Waals surface area contributed by atoms with Crippen LogP contribution in [0.2, 0.25) is 0 Å². The Balaban J connectivity index is 0.000000454. The van der Waals surface area contributed by atoms with Crippen LogP contribution in [0.5, 0.6) is 5.75 Å². The number of hydrogen-bond donors (Lipinski definition) is 2. The maximum Gasteiger partial charge on any atom is 0.490 e. The SMILES string of the molecule is COc1cc(NC(=O)N2CCC(c3ccccc3)CC2)ccc1-n1cnc(C)c1.O=C(O)C(F)(F)F. The lowest BCUT2D eigenvalue weighted by atomic mass is 9.90. The van der Waals surface area contributed by atoms with E-state index >= 15 is 0 Å². The van der Waals surface area contributed by atoms with Crippen LogP contribution in [0.15, 0.2) is 61.1 Å². The molecule has 2 heterocycles. The molecule has 0 bridgehead atoms. The highest BCUT2D eigenvalue weighted by atomic mass is 19.4. The first-order valence-electron chi connectivity index (χ1n) is 11.2. The predicted molar refractivity (Wildman–Crippen MR) is 128 cm³/mol. The molecule has 11 heteroatoms. The summed E-state index contributed by atoms with van der Waals surface area (Å²) in [6.45, 7) is 3.46. The number of carboxylic acid groups (broad SMARTS) is 1. The van der Waals surface area contributed by atoms with E-state index in [0.29, 0.717) is 11.7 Å². The highest BCUT2D eigenvalue weighted by molar-refractivity contribution is 5.90. The van der Waals surface area contributed by atoms with E-state index < -0.39 is 12.1 Å². The molecule has 2 aromatic carbocycles. The molecule has 8 nitrogen and oxygen atoms in total. The summed E-state index contributed by atoms with van der Waals surface area (Å²) in [4.78, 5) is 27.8. The fraction of sp³-hybridized carbons (Fsp3) is 0.320. The maximum absolute atomic E-state index is 12.7. The number of rotatable bonds is 4. The third kappa shape index (κ3) is 7.00. The molecule has 2 N–H and O–H groups in total. The smallest absolute Gasteiger partial charge is 0.490 e. The molecule has 1 aliphatic heterocycles. The standard InChI is InChI=1S/C23H26N4O2.C2HF3O2/c1-17-15-27(16-24-17)21-9-8-20(14-22(21)29-2)25-23(28)26-12-10-19(11-13-26)18-6-4-3-5-7-18;3-2(4,5)1(6)7/h3-9,14-16,19H,10-13H2,1-2H3,(H,25,28);(H,6,7). The van der Waals surface area contributed by atoms with Crippen molar-refractivity contribution in [3.63, 3.8) is 0 Å². The Morgan fingerprint density at radius 3 is 2.28 bits per heavy atom. The Kier molecular flexibility index (Phi) is 8.57. The second-order valence-corrected chi connectivity index (χ2v) is 8.21. The number of benzene rings is 2. The fourth-order valence-electron chi connectivity index (χ4n) is 3.87. The number of carboxylic acids is 1. The Morgan fingerprint density at radius 2 is 1.75 bits per heavy atom. The highest BCUT2D eigenvalue weighted by Crippen LogP contribution is 2.29. The number of nitrogens with one attached hydrogen (secondary N) is 1. The molecule has 0 spiro atoms. The number of halogens is 3. The maximum atomic E-state index is 12.7. The van der Waals surface area contributed by atoms with Gasteiger partial charge in [-0.15, -0.1) is 0 Å². The Labute approximate surface area is 206 Å². The van der Waals surface area contributed by atoms with E-state index in [9.17, 15) is 18.0 Å². The Bertz CT molecular complexity index is 1170. The number of piperidine rings is 1. The monoisotopic (exact) mass is 504 g/mol. The van der Waals surface area contributed by atoms with Crippen molar-refractivity contribution in [3.05, 3.63) is 72.3 Å². The van der Waals surface area contributed by atoms with Gasteiger partial charge < -0.3 is 24.6 Å². The third-order valence-corrected chi connectivity index (χ3v) is 5.72. The number of aromatic nitrogens is 2. The van der Waals surface area contributed by atoms with Crippen LogP contribution < -0.4 is 10.1 Å². The quantitative estimate of drug-likeness (QED) is 0.507. The lowest BCUT2D eigenvalue weighted by Crippen LogP contribution is -2.40. The number of methoxy groups -OCH3 is 1. The van der Waals surface area contributed by atoms with Crippen LogP contribution >= 0.6 is 0 Å². The number of carbonyl (C=O) groups excluding carboxylic acids is 1. The van der Waals surface area contributed by atoms with Crippen molar-refractivity contribution in [1.29, 1.82) is 0 Å². The van der Waals surface area contributed by atoms with Gasteiger partial charge in [-0.2, -0.15) is 13.2 Å². The van der Waals surface area contributed by atoms with E-state index in [2.05, 4.69) is 34.6 Å². The number of amides is 2. The van der Waals surface area contributed by atoms with Gasteiger partial charge in [0.2, 0.25) is 0 Å². The molecule has 0 saturated carbocycles. The average molecular weight is 505 g/mol. The van der Waals surface area contributed by atoms with Gasteiger partial charge in [0.1, 0.15) is 5.75 Å². The van der Waals surface area contributed by atoms with Crippen molar-refractivity contribution in [2.24, 2.45) is 0 Å². The molecular weight excluding hydrogens is 477 g/mol. The summed E-state index contributed by atoms with van der Waals surface area (Å²) in [7, 11) is 1.63. The second-order valence-electron chi connectivity index (χ2n) is 8.21. The van der Waals surface area contributed by atoms with E-state index in [0.717, 1.165) is 43.0 Å². The van der Waals surface area contributed by atoms with Crippen molar-refractivity contribution in [3.8, 4) is 11.4 Å². The van der Waals surface area contributed by atoms with Crippen LogP contribution in [0.4, 0.5) is 23.7 Å². The van der Waals surface area contributed by atoms with Crippen LogP contribution in [0.25, 0.3) is 5.69 Å². The molecule has 3 aromatic rings. The number of imidazole rings is 1. The zero-order valence-corrected chi connectivity index (χ0v) is 19.8. The zero-order chi connectivity index (χ0) is 26.3. The number of hydrogen-bond acceptors (Lipinski definition) is 4. The van der Waals surface area contributed by atoms with Gasteiger partial charge in [-0.25, -0.2) is 14.6 Å². The Morgan fingerprint density at radius 1 is 1.11 bits per heavy atom. The first-order chi connectivity index (χ1) is 17.1. The van der Waals surface area contributed by atoms with Crippen LogP contribution in [-0.2, 0) is 4.79 Å². The van der Waals surface area contributed by atoms with Gasteiger partial charge >= 0.3 is 18.2 Å². The molecule has 1 fully saturated rings. The number of anilines is 1. The molecule has 36 heavy (non-hydrogen) atoms. The summed E-state index contributed by atoms with van der Waals surface area (Å²) in [6, 6.07) is 16.2.